The zero-order valence-electron chi connectivity index (χ0n) is 109. The average molecular weight is 1810 g/mol. The molecule has 0 unspecified atom stereocenters. The van der Waals surface area contributed by atoms with Gasteiger partial charge in [-0.2, -0.15) is 0 Å². The van der Waals surface area contributed by atoms with Crippen molar-refractivity contribution in [2.24, 2.45) is 0 Å². The second-order valence-corrected chi connectivity index (χ2v) is 39.9. The topological polar surface area (TPSA) is 28.8 Å². The fourth-order valence-corrected chi connectivity index (χ4v) is 20.6. The Hall–Kier alpha value is -15.9. The first-order valence-corrected chi connectivity index (χ1v) is 46.3. The summed E-state index contributed by atoms with van der Waals surface area (Å²) in [5, 5.41) is -1.82. The number of hydrogen-bond acceptors (Lipinski definition) is 4. The predicted molar refractivity (Wildman–Crippen MR) is 588 cm³/mol. The highest BCUT2D eigenvalue weighted by Gasteiger charge is 2.53. The molecular formula is C130H105B2N5O. The fraction of sp³-hybridized carbons (Fsp3) is 0.123. The van der Waals surface area contributed by atoms with Crippen molar-refractivity contribution in [3.05, 3.63) is 440 Å². The Bertz CT molecular complexity index is 10200. The van der Waals surface area contributed by atoms with E-state index in [9.17, 15) is 41.1 Å². The van der Waals surface area contributed by atoms with E-state index in [-0.39, 0.29) is 56.0 Å². The molecule has 0 radical (unpaired) electrons. The molecule has 4 aliphatic rings. The first kappa shape index (κ1) is 57.1. The van der Waals surface area contributed by atoms with E-state index < -0.39 is 317 Å². The van der Waals surface area contributed by atoms with Crippen LogP contribution in [0.4, 0.5) is 51.2 Å². The Labute approximate surface area is 853 Å². The van der Waals surface area contributed by atoms with Crippen LogP contribution >= 0.6 is 0 Å². The lowest BCUT2D eigenvalue weighted by atomic mass is 9.30. The van der Waals surface area contributed by atoms with Crippen molar-refractivity contribution >= 4 is 141 Å². The highest BCUT2D eigenvalue weighted by atomic mass is 16.5. The third-order valence-corrected chi connectivity index (χ3v) is 27.3. The Morgan fingerprint density at radius 3 is 0.877 bits per heavy atom. The van der Waals surface area contributed by atoms with Crippen LogP contribution < -0.4 is 52.2 Å². The summed E-state index contributed by atoms with van der Waals surface area (Å²) < 4.78 is 335. The quantitative estimate of drug-likeness (QED) is 0.114. The summed E-state index contributed by atoms with van der Waals surface area (Å²) in [5.74, 6) is -1.15. The van der Waals surface area contributed by atoms with Crippen LogP contribution in [0, 0.1) is 0 Å². The fourth-order valence-electron chi connectivity index (χ4n) is 20.6. The number of anilines is 9. The lowest BCUT2D eigenvalue weighted by Gasteiger charge is -2.49. The maximum Gasteiger partial charge on any atom is 0.256 e. The van der Waals surface area contributed by atoms with Gasteiger partial charge in [-0.3, -0.25) is 0 Å². The lowest BCUT2D eigenvalue weighted by Crippen LogP contribution is -2.65. The minimum Gasteiger partial charge on any atom is -0.459 e. The van der Waals surface area contributed by atoms with Crippen LogP contribution in [0.1, 0.15) is 148 Å². The standard InChI is InChI=1S/C130H105B2N5O/c1-127(2,3)90-71-100(83-44-22-14-23-45-83)123(101(72-90)84-46-24-15-25-47-84)135-114-80-95(134-111-62-40-36-58-98(111)99-59-37-41-63-112(99)134)66-68-107(114)132-120-115(135)77-93(130(10,11)12)78-116(120)137(125-104(87-52-30-18-31-53-87)75-92(129(7,8)9)76-105(125)88-54-32-19-33-55-88)118-81-117-121-126(122(118)132)138-119-69-64-89(82-42-20-13-21-43-82)70-108(119)131(121)106-67-65-94(133-109-60-38-34-56-96(109)97-57-35-39-61-110(97)133)79-113(106)136(117)124-102(85-48-26-16-27-49-85)73-91(128(4,5)6)74-103(124)86-50-28-17-29-51-86/h13-81H,1-12H3/i13D,20D,21D,34D,35D,36D,37D,38D,39D,40D,41D,42D,43D,56D,57D,58D,59D,60D,61D,62D,63D,64D,65D,66D,67D,68D,69D,70D,79D,80D,81D. The second-order valence-electron chi connectivity index (χ2n) is 39.9. The summed E-state index contributed by atoms with van der Waals surface area (Å²) in [4.78, 5) is 5.45. The number of benzene rings is 19. The van der Waals surface area contributed by atoms with Crippen LogP contribution in [0.25, 0.3) is 133 Å². The van der Waals surface area contributed by atoms with E-state index in [4.69, 9.17) is 6.11 Å². The zero-order chi connectivity index (χ0) is 120. The van der Waals surface area contributed by atoms with Crippen LogP contribution in [0.3, 0.4) is 0 Å². The third kappa shape index (κ3) is 13.5. The van der Waals surface area contributed by atoms with E-state index in [1.54, 1.807) is 4.90 Å². The highest BCUT2D eigenvalue weighted by Crippen LogP contribution is 2.60. The molecule has 662 valence electrons. The molecule has 0 bridgehead atoms. The third-order valence-electron chi connectivity index (χ3n) is 27.3. The molecule has 8 heteroatoms. The molecule has 0 spiro atoms. The highest BCUT2D eigenvalue weighted by molar-refractivity contribution is 7.03. The normalized spacial score (nSPS) is 16.3. The summed E-state index contributed by atoms with van der Waals surface area (Å²) in [6.07, 6.45) is 0. The van der Waals surface area contributed by atoms with Gasteiger partial charge in [0.2, 0.25) is 0 Å². The maximum atomic E-state index is 13.5. The van der Waals surface area contributed by atoms with Crippen molar-refractivity contribution in [3.8, 4) is 101 Å². The minimum atomic E-state index is -2.20. The first-order chi connectivity index (χ1) is 80.0. The van der Waals surface area contributed by atoms with Crippen molar-refractivity contribution in [2.45, 2.75) is 105 Å². The van der Waals surface area contributed by atoms with Crippen LogP contribution in [-0.4, -0.2) is 22.6 Å². The number of ether oxygens (including phenoxy) is 1. The van der Waals surface area contributed by atoms with Crippen molar-refractivity contribution < 1.29 is 47.2 Å². The SMILES string of the molecule is [2H]c1c([2H])c([2H])c(-c2c([2H])c([2H])c3c(c2[2H])B2c4c([2H])c([2H])c(-n5c6c([2H])c([2H])c([2H])c([2H])c6c6c([2H])c([2H])c([2H])c([2H])c65)c([2H])c4N(c4c(-c5ccccc5)cc(C(C)(C)C)cc4-c4ccccc4)c4c([2H])c5c(c(c42)O3)B2c3c(cc(C(C)(C)C)cc3N5c3c(-c4ccccc4)cc(C(C)(C)C)cc3-c3ccccc3)N(c3c(-c4ccccc4)cc(C(C)(C)C)cc3-c3ccccc3)c3c([2H])c(-n4c5c([2H])c([2H])c([2H])c([2H])c5c5c([2H])c([2H])c([2H])c([2H])c54)c([2H])c([2H])c32)c([2H])c1[2H]. The summed E-state index contributed by atoms with van der Waals surface area (Å²) >= 11 is 0. The van der Waals surface area contributed by atoms with Crippen LogP contribution in [0.5, 0.6) is 11.5 Å². The van der Waals surface area contributed by atoms with Gasteiger partial charge in [-0.05, 0) is 230 Å². The molecule has 138 heavy (non-hydrogen) atoms. The summed E-state index contributed by atoms with van der Waals surface area (Å²) in [6, 6.07) is 46.2. The molecule has 6 heterocycles. The van der Waals surface area contributed by atoms with E-state index in [0.29, 0.717) is 89.3 Å². The molecule has 0 amide bonds. The number of nitrogens with zero attached hydrogens (tertiary/aromatic N) is 5. The number of aromatic nitrogens is 2. The molecule has 6 nitrogen and oxygen atoms in total. The van der Waals surface area contributed by atoms with Crippen LogP contribution in [0.15, 0.2) is 418 Å². The molecule has 0 atom stereocenters. The number of para-hydroxylation sites is 4. The van der Waals surface area contributed by atoms with Gasteiger partial charge in [-0.1, -0.05) is 392 Å². The molecule has 0 N–H and O–H groups in total. The number of rotatable bonds is 12. The molecule has 0 saturated carbocycles. The van der Waals surface area contributed by atoms with E-state index in [0.717, 1.165) is 20.3 Å². The average Bonchev–Trinajstić information content (AvgIpc) is 1.19. The summed E-state index contributed by atoms with van der Waals surface area (Å²) in [5.41, 5.74) is -1.31. The van der Waals surface area contributed by atoms with Crippen molar-refractivity contribution in [2.75, 3.05) is 14.7 Å². The zero-order valence-corrected chi connectivity index (χ0v) is 77.7. The molecule has 21 aromatic rings. The van der Waals surface area contributed by atoms with Gasteiger partial charge in [-0.25, -0.2) is 0 Å². The van der Waals surface area contributed by atoms with E-state index in [2.05, 4.69) is 65.8 Å². The largest absolute Gasteiger partial charge is 0.459 e. The van der Waals surface area contributed by atoms with Gasteiger partial charge in [0.25, 0.3) is 13.4 Å². The molecule has 0 saturated heterocycles. The molecular weight excluding hydrogens is 1670 g/mol. The molecule has 2 aromatic heterocycles. The van der Waals surface area contributed by atoms with Gasteiger partial charge in [0.1, 0.15) is 11.5 Å². The summed E-state index contributed by atoms with van der Waals surface area (Å²) in [6.45, 7) is 20.4. The molecule has 4 aliphatic heterocycles. The maximum absolute atomic E-state index is 13.5. The first-order valence-electron chi connectivity index (χ1n) is 61.8. The monoisotopic (exact) mass is 1810 g/mol. The number of fused-ring (bicyclic) bond motifs is 15. The van der Waals surface area contributed by atoms with Crippen molar-refractivity contribution in [1.29, 1.82) is 0 Å². The second kappa shape index (κ2) is 31.9. The van der Waals surface area contributed by atoms with Gasteiger partial charge in [0.15, 0.2) is 0 Å². The van der Waals surface area contributed by atoms with Gasteiger partial charge in [0, 0.05) is 100 Å². The van der Waals surface area contributed by atoms with Gasteiger partial charge < -0.3 is 28.6 Å². The van der Waals surface area contributed by atoms with E-state index in [1.165, 1.54) is 0 Å². The van der Waals surface area contributed by atoms with Crippen molar-refractivity contribution in [1.82, 2.24) is 9.13 Å². The summed E-state index contributed by atoms with van der Waals surface area (Å²) in [7, 11) is 0. The Balaban J connectivity index is 0.996. The number of hydrogen-bond donors (Lipinski definition) is 0. The Kier molecular flexibility index (Phi) is 13.2. The van der Waals surface area contributed by atoms with E-state index in [1.807, 2.05) is 258 Å². The van der Waals surface area contributed by atoms with Gasteiger partial charge >= 0.3 is 0 Å². The Morgan fingerprint density at radius 2 is 0.536 bits per heavy atom. The predicted octanol–water partition coefficient (Wildman–Crippen LogP) is 31.2. The molecule has 0 aliphatic carbocycles. The van der Waals surface area contributed by atoms with Crippen LogP contribution in [-0.2, 0) is 21.7 Å². The molecule has 25 rings (SSSR count). The lowest BCUT2D eigenvalue weighted by molar-refractivity contribution is 0.491. The Morgan fingerprint density at radius 1 is 0.239 bits per heavy atom. The van der Waals surface area contributed by atoms with Gasteiger partial charge in [0.05, 0.1) is 81.6 Å². The molecule has 0 fully saturated rings. The van der Waals surface area contributed by atoms with Gasteiger partial charge in [-0.15, -0.1) is 0 Å². The minimum absolute atomic E-state index is 0.0744. The van der Waals surface area contributed by atoms with Crippen molar-refractivity contribution in [3.63, 3.8) is 0 Å². The smallest absolute Gasteiger partial charge is 0.256 e. The van der Waals surface area contributed by atoms with E-state index >= 15 is 0 Å². The molecule has 19 aromatic carbocycles. The van der Waals surface area contributed by atoms with Crippen LogP contribution in [0.2, 0.25) is 0 Å².